The third-order valence-electron chi connectivity index (χ3n) is 5.40. The third-order valence-corrected chi connectivity index (χ3v) is 7.06. The van der Waals surface area contributed by atoms with Gasteiger partial charge in [-0.1, -0.05) is 0 Å². The van der Waals surface area contributed by atoms with Gasteiger partial charge in [0, 0.05) is 23.9 Å². The number of fused-ring (bicyclic) bond motifs is 1. The number of amides is 1. The number of carbonyl (C=O) groups is 1. The summed E-state index contributed by atoms with van der Waals surface area (Å²) in [5, 5.41) is 7.03. The number of pyridine rings is 2. The van der Waals surface area contributed by atoms with Crippen LogP contribution in [-0.4, -0.2) is 58.8 Å². The number of alkyl halides is 3. The zero-order chi connectivity index (χ0) is 25.4. The molecule has 0 aromatic carbocycles. The topological polar surface area (TPSA) is 112 Å². The van der Waals surface area contributed by atoms with Crippen LogP contribution in [0, 0.1) is 5.82 Å². The predicted molar refractivity (Wildman–Crippen MR) is 115 cm³/mol. The van der Waals surface area contributed by atoms with E-state index >= 15 is 0 Å². The molecule has 3 aromatic heterocycles. The highest BCUT2D eigenvalue weighted by Crippen LogP contribution is 2.32. The molecule has 0 atom stereocenters. The van der Waals surface area contributed by atoms with Crippen molar-refractivity contribution in [1.29, 1.82) is 0 Å². The van der Waals surface area contributed by atoms with Crippen molar-refractivity contribution in [2.45, 2.75) is 31.5 Å². The minimum atomic E-state index is -4.64. The summed E-state index contributed by atoms with van der Waals surface area (Å²) in [6.07, 6.45) is -1.84. The number of carbonyl (C=O) groups excluding carboxylic acids is 1. The normalized spacial score (nSPS) is 17.2. The summed E-state index contributed by atoms with van der Waals surface area (Å²) in [4.78, 5) is 16.4. The average Bonchev–Trinajstić information content (AvgIpc) is 3.19. The first-order valence-corrected chi connectivity index (χ1v) is 12.2. The molecule has 35 heavy (non-hydrogen) atoms. The van der Waals surface area contributed by atoms with E-state index in [2.05, 4.69) is 20.1 Å². The molecule has 1 aliphatic heterocycles. The van der Waals surface area contributed by atoms with Crippen molar-refractivity contribution in [3.63, 3.8) is 0 Å². The van der Waals surface area contributed by atoms with E-state index in [1.807, 2.05) is 0 Å². The van der Waals surface area contributed by atoms with Crippen LogP contribution in [0.25, 0.3) is 5.52 Å². The van der Waals surface area contributed by atoms with Crippen LogP contribution in [-0.2, 0) is 9.84 Å². The van der Waals surface area contributed by atoms with Gasteiger partial charge >= 0.3 is 6.18 Å². The van der Waals surface area contributed by atoms with Gasteiger partial charge in [-0.2, -0.15) is 18.3 Å². The maximum absolute atomic E-state index is 13.5. The van der Waals surface area contributed by atoms with E-state index in [0.29, 0.717) is 5.52 Å². The highest BCUT2D eigenvalue weighted by molar-refractivity contribution is 7.91. The van der Waals surface area contributed by atoms with Crippen molar-refractivity contribution >= 4 is 21.3 Å². The van der Waals surface area contributed by atoms with E-state index in [4.69, 9.17) is 4.74 Å². The van der Waals surface area contributed by atoms with Crippen molar-refractivity contribution < 1.29 is 40.2 Å². The number of sulfone groups is 1. The number of nitrogens with zero attached hydrogens (tertiary/aromatic N) is 3. The Kier molecular flexibility index (Phi) is 6.34. The molecule has 188 valence electrons. The van der Waals surface area contributed by atoms with Gasteiger partial charge in [0.05, 0.1) is 23.2 Å². The Labute approximate surface area is 197 Å². The van der Waals surface area contributed by atoms with Crippen LogP contribution in [0.1, 0.15) is 30.3 Å². The number of hydrogen-bond acceptors (Lipinski definition) is 7. The van der Waals surface area contributed by atoms with Crippen molar-refractivity contribution in [1.82, 2.24) is 19.9 Å². The van der Waals surface area contributed by atoms with E-state index in [0.717, 1.165) is 12.3 Å². The quantitative estimate of drug-likeness (QED) is 0.501. The molecule has 4 rings (SSSR count). The number of rotatable bonds is 6. The largest absolute Gasteiger partial charge is 0.478 e. The van der Waals surface area contributed by atoms with Crippen molar-refractivity contribution in [2.75, 3.05) is 18.1 Å². The fraction of sp³-hybridized carbons (Fsp3) is 0.381. The zero-order valence-electron chi connectivity index (χ0n) is 18.3. The molecule has 1 N–H and O–H groups in total. The van der Waals surface area contributed by atoms with E-state index in [9.17, 15) is 30.8 Å². The fourth-order valence-corrected chi connectivity index (χ4v) is 5.19. The lowest BCUT2D eigenvalue weighted by Gasteiger charge is -2.34. The molecule has 0 saturated carbocycles. The van der Waals surface area contributed by atoms with Crippen molar-refractivity contribution in [3.05, 3.63) is 48.2 Å². The molecule has 0 spiro atoms. The molecule has 0 bridgehead atoms. The van der Waals surface area contributed by atoms with Crippen LogP contribution >= 0.6 is 0 Å². The number of aromatic nitrogens is 3. The second-order valence-electron chi connectivity index (χ2n) is 8.39. The summed E-state index contributed by atoms with van der Waals surface area (Å²) in [7, 11) is -3.10. The summed E-state index contributed by atoms with van der Waals surface area (Å²) in [6.45, 7) is 0.120. The van der Waals surface area contributed by atoms with Gasteiger partial charge in [0.2, 0.25) is 0 Å². The summed E-state index contributed by atoms with van der Waals surface area (Å²) in [5.41, 5.74) is -0.192. The van der Waals surface area contributed by atoms with Crippen molar-refractivity contribution in [3.8, 4) is 17.4 Å². The lowest BCUT2D eigenvalue weighted by Crippen LogP contribution is -2.51. The first-order valence-electron chi connectivity index (χ1n) is 10.4. The Balaban J connectivity index is 1.50. The molecular weight excluding hydrogens is 496 g/mol. The van der Waals surface area contributed by atoms with Crippen LogP contribution in [0.5, 0.6) is 17.4 Å². The molecule has 14 heteroatoms. The summed E-state index contributed by atoms with van der Waals surface area (Å²) in [5.74, 6) is -2.19. The minimum Gasteiger partial charge on any atom is -0.478 e. The molecule has 9 nitrogen and oxygen atoms in total. The molecule has 1 saturated heterocycles. The average molecular weight is 516 g/mol. The molecule has 1 amide bonds. The summed E-state index contributed by atoms with van der Waals surface area (Å²) < 4.78 is 85.8. The lowest BCUT2D eigenvalue weighted by atomic mass is 9.94. The molecular formula is C21H20F4N4O5S. The first-order chi connectivity index (χ1) is 16.3. The smallest absolute Gasteiger partial charge is 0.422 e. The molecule has 4 heterocycles. The van der Waals surface area contributed by atoms with Gasteiger partial charge < -0.3 is 14.8 Å². The SMILES string of the molecule is CC1(NC(=O)c2cc3cc(Oc4ncc(F)cc4OCC(F)(F)F)ccn3n2)CCS(=O)(=O)CC1. The van der Waals surface area contributed by atoms with Gasteiger partial charge in [-0.05, 0) is 31.9 Å². The monoisotopic (exact) mass is 516 g/mol. The van der Waals surface area contributed by atoms with Gasteiger partial charge in [0.15, 0.2) is 18.1 Å². The van der Waals surface area contributed by atoms with E-state index in [1.165, 1.54) is 28.9 Å². The highest BCUT2D eigenvalue weighted by atomic mass is 32.2. The molecule has 1 fully saturated rings. The number of halogens is 4. The Morgan fingerprint density at radius 2 is 1.94 bits per heavy atom. The maximum Gasteiger partial charge on any atom is 0.422 e. The number of hydrogen-bond donors (Lipinski definition) is 1. The van der Waals surface area contributed by atoms with Crippen LogP contribution in [0.2, 0.25) is 0 Å². The molecule has 1 aliphatic rings. The zero-order valence-corrected chi connectivity index (χ0v) is 19.1. The van der Waals surface area contributed by atoms with Gasteiger partial charge in [-0.3, -0.25) is 4.79 Å². The van der Waals surface area contributed by atoms with E-state index < -0.39 is 45.6 Å². The summed E-state index contributed by atoms with van der Waals surface area (Å²) in [6, 6.07) is 5.07. The second-order valence-corrected chi connectivity index (χ2v) is 10.7. The Morgan fingerprint density at radius 1 is 1.23 bits per heavy atom. The maximum atomic E-state index is 13.5. The number of ether oxygens (including phenoxy) is 2. The van der Waals surface area contributed by atoms with Gasteiger partial charge in [0.25, 0.3) is 11.8 Å². The van der Waals surface area contributed by atoms with Crippen LogP contribution in [0.15, 0.2) is 36.7 Å². The van der Waals surface area contributed by atoms with Crippen LogP contribution in [0.3, 0.4) is 0 Å². The Bertz CT molecular complexity index is 1360. The van der Waals surface area contributed by atoms with Gasteiger partial charge in [0.1, 0.15) is 21.4 Å². The molecule has 0 aliphatic carbocycles. The predicted octanol–water partition coefficient (Wildman–Crippen LogP) is 3.30. The van der Waals surface area contributed by atoms with Crippen LogP contribution < -0.4 is 14.8 Å². The lowest BCUT2D eigenvalue weighted by molar-refractivity contribution is -0.153. The standard InChI is InChI=1S/C21H20F4N4O5S/c1-20(3-6-35(31,32)7-4-20)27-18(30)16-10-14-9-15(2-5-29(14)28-16)34-19-17(8-13(22)11-26-19)33-12-21(23,24)25/h2,5,8-11H,3-4,6-7,12H2,1H3,(H,27,30). The van der Waals surface area contributed by atoms with E-state index in [1.54, 1.807) is 6.92 Å². The van der Waals surface area contributed by atoms with Crippen molar-refractivity contribution in [2.24, 2.45) is 0 Å². The van der Waals surface area contributed by atoms with Crippen LogP contribution in [0.4, 0.5) is 17.6 Å². The second kappa shape index (κ2) is 8.98. The fourth-order valence-electron chi connectivity index (χ4n) is 3.46. The summed E-state index contributed by atoms with van der Waals surface area (Å²) >= 11 is 0. The third kappa shape index (κ3) is 6.18. The van der Waals surface area contributed by atoms with Gasteiger partial charge in [-0.15, -0.1) is 0 Å². The first kappa shape index (κ1) is 24.7. The molecule has 3 aromatic rings. The van der Waals surface area contributed by atoms with E-state index in [-0.39, 0.29) is 41.7 Å². The Hall–Kier alpha value is -3.42. The minimum absolute atomic E-state index is 0.0122. The highest BCUT2D eigenvalue weighted by Gasteiger charge is 2.35. The number of nitrogens with one attached hydrogen (secondary N) is 1. The molecule has 0 unspecified atom stereocenters. The molecule has 0 radical (unpaired) electrons. The Morgan fingerprint density at radius 3 is 2.63 bits per heavy atom. The van der Waals surface area contributed by atoms with Gasteiger partial charge in [-0.25, -0.2) is 22.3 Å².